The number of anilines is 1. The van der Waals surface area contributed by atoms with Gasteiger partial charge in [0.15, 0.2) is 0 Å². The van der Waals surface area contributed by atoms with Gasteiger partial charge < -0.3 is 10.6 Å². The Hall–Kier alpha value is -2.98. The highest BCUT2D eigenvalue weighted by Crippen LogP contribution is 2.32. The molecule has 7 nitrogen and oxygen atoms in total. The molecule has 1 fully saturated rings. The third-order valence-electron chi connectivity index (χ3n) is 5.40. The van der Waals surface area contributed by atoms with Gasteiger partial charge in [-0.05, 0) is 17.7 Å². The molecule has 1 atom stereocenters. The fraction of sp³-hybridized carbons (Fsp3) is 0.350. The smallest absolute Gasteiger partial charge is 0.353 e. The van der Waals surface area contributed by atoms with Crippen LogP contribution >= 0.6 is 0 Å². The van der Waals surface area contributed by atoms with Crippen LogP contribution in [0.4, 0.5) is 19.0 Å². The molecule has 3 heterocycles. The maximum absolute atomic E-state index is 12.8. The van der Waals surface area contributed by atoms with E-state index in [1.165, 1.54) is 18.5 Å². The van der Waals surface area contributed by atoms with Crippen LogP contribution in [0.1, 0.15) is 17.2 Å². The first-order chi connectivity index (χ1) is 14.5. The van der Waals surface area contributed by atoms with Crippen molar-refractivity contribution >= 4 is 5.82 Å². The predicted octanol–water partition coefficient (Wildman–Crippen LogP) is 2.71. The summed E-state index contributed by atoms with van der Waals surface area (Å²) in [5.41, 5.74) is 7.94. The molecule has 2 aromatic heterocycles. The van der Waals surface area contributed by atoms with Crippen molar-refractivity contribution in [2.24, 2.45) is 5.73 Å². The molecule has 0 spiro atoms. The van der Waals surface area contributed by atoms with Gasteiger partial charge in [0, 0.05) is 62.3 Å². The first-order valence-electron chi connectivity index (χ1n) is 9.62. The van der Waals surface area contributed by atoms with Gasteiger partial charge in [-0.15, -0.1) is 0 Å². The number of hydrogen-bond donors (Lipinski definition) is 2. The van der Waals surface area contributed by atoms with Gasteiger partial charge in [0.25, 0.3) is 0 Å². The first-order valence-corrected chi connectivity index (χ1v) is 9.62. The van der Waals surface area contributed by atoms with E-state index in [1.54, 1.807) is 18.6 Å². The van der Waals surface area contributed by atoms with Crippen molar-refractivity contribution in [2.45, 2.75) is 12.2 Å². The number of hydrogen-bond acceptors (Lipinski definition) is 6. The molecule has 0 amide bonds. The van der Waals surface area contributed by atoms with Crippen molar-refractivity contribution in [3.05, 3.63) is 60.3 Å². The Balaban J connectivity index is 1.47. The number of rotatable bonds is 5. The van der Waals surface area contributed by atoms with Gasteiger partial charge in [0.05, 0.1) is 11.8 Å². The molecule has 1 saturated heterocycles. The summed E-state index contributed by atoms with van der Waals surface area (Å²) >= 11 is 0. The number of aromatic amines is 1. The second-order valence-corrected chi connectivity index (χ2v) is 7.14. The lowest BCUT2D eigenvalue weighted by Gasteiger charge is -2.40. The number of nitrogens with one attached hydrogen (secondary N) is 1. The van der Waals surface area contributed by atoms with Crippen molar-refractivity contribution in [2.75, 3.05) is 37.6 Å². The Bertz CT molecular complexity index is 949. The summed E-state index contributed by atoms with van der Waals surface area (Å²) in [6.45, 7) is 3.21. The van der Waals surface area contributed by atoms with Crippen molar-refractivity contribution < 1.29 is 13.2 Å². The quantitative estimate of drug-likeness (QED) is 0.664. The number of benzene rings is 1. The molecule has 0 bridgehead atoms. The summed E-state index contributed by atoms with van der Waals surface area (Å²) in [5, 5.41) is 6.80. The molecule has 3 aromatic rings. The molecule has 1 unspecified atom stereocenters. The van der Waals surface area contributed by atoms with E-state index in [2.05, 4.69) is 30.0 Å². The molecule has 10 heteroatoms. The molecule has 30 heavy (non-hydrogen) atoms. The Labute approximate surface area is 171 Å². The topological polar surface area (TPSA) is 87.0 Å². The molecule has 1 aliphatic heterocycles. The Kier molecular flexibility index (Phi) is 5.69. The third-order valence-corrected chi connectivity index (χ3v) is 5.40. The average Bonchev–Trinajstić information content (AvgIpc) is 3.29. The monoisotopic (exact) mass is 417 g/mol. The molecule has 0 radical (unpaired) electrons. The molecule has 158 valence electrons. The average molecular weight is 417 g/mol. The van der Waals surface area contributed by atoms with Gasteiger partial charge in [0.2, 0.25) is 0 Å². The standard InChI is InChI=1S/C20H22F3N7/c21-20(22,23)16-3-1-14(2-4-16)18(9-24)29-5-7-30(8-6-29)19-17(12-25-13-26-19)15-10-27-28-11-15/h1-4,10-13,18H,5-9,24H2,(H,27,28). The van der Waals surface area contributed by atoms with E-state index < -0.39 is 11.7 Å². The molecule has 1 aliphatic rings. The van der Waals surface area contributed by atoms with Crippen LogP contribution < -0.4 is 10.6 Å². The molecule has 0 aliphatic carbocycles. The van der Waals surface area contributed by atoms with Crippen LogP contribution in [0, 0.1) is 0 Å². The van der Waals surface area contributed by atoms with Gasteiger partial charge in [-0.25, -0.2) is 9.97 Å². The molecule has 4 rings (SSSR count). The lowest BCUT2D eigenvalue weighted by Crippen LogP contribution is -2.49. The lowest BCUT2D eigenvalue weighted by atomic mass is 10.0. The zero-order valence-corrected chi connectivity index (χ0v) is 16.2. The summed E-state index contributed by atoms with van der Waals surface area (Å²) in [6.07, 6.45) is 2.48. The molecule has 1 aromatic carbocycles. The summed E-state index contributed by atoms with van der Waals surface area (Å²) < 4.78 is 38.5. The van der Waals surface area contributed by atoms with Gasteiger partial charge in [-0.2, -0.15) is 18.3 Å². The largest absolute Gasteiger partial charge is 0.416 e. The highest BCUT2D eigenvalue weighted by molar-refractivity contribution is 5.74. The van der Waals surface area contributed by atoms with Crippen LogP contribution in [0.3, 0.4) is 0 Å². The number of alkyl halides is 3. The SMILES string of the molecule is NCC(c1ccc(C(F)(F)F)cc1)N1CCN(c2ncncc2-c2cn[nH]c2)CC1. The maximum atomic E-state index is 12.8. The molecular formula is C20H22F3N7. The number of piperazine rings is 1. The van der Waals surface area contributed by atoms with Crippen LogP contribution in [-0.2, 0) is 6.18 Å². The van der Waals surface area contributed by atoms with E-state index in [1.807, 2.05) is 0 Å². The number of aromatic nitrogens is 4. The summed E-state index contributed by atoms with van der Waals surface area (Å²) in [5.74, 6) is 0.838. The fourth-order valence-corrected chi connectivity index (χ4v) is 3.81. The number of halogens is 3. The van der Waals surface area contributed by atoms with E-state index in [-0.39, 0.29) is 6.04 Å². The van der Waals surface area contributed by atoms with Crippen LogP contribution in [-0.4, -0.2) is 57.8 Å². The van der Waals surface area contributed by atoms with Crippen molar-refractivity contribution in [1.29, 1.82) is 0 Å². The zero-order chi connectivity index (χ0) is 21.1. The van der Waals surface area contributed by atoms with Crippen LogP contribution in [0.25, 0.3) is 11.1 Å². The Morgan fingerprint density at radius 2 is 1.80 bits per heavy atom. The third kappa shape index (κ3) is 4.14. The first kappa shape index (κ1) is 20.3. The number of nitrogens with zero attached hydrogens (tertiary/aromatic N) is 5. The molecule has 3 N–H and O–H groups in total. The second-order valence-electron chi connectivity index (χ2n) is 7.14. The molecular weight excluding hydrogens is 395 g/mol. The van der Waals surface area contributed by atoms with E-state index >= 15 is 0 Å². The number of nitrogens with two attached hydrogens (primary N) is 1. The molecule has 0 saturated carbocycles. The van der Waals surface area contributed by atoms with Crippen molar-refractivity contribution in [3.8, 4) is 11.1 Å². The van der Waals surface area contributed by atoms with Crippen molar-refractivity contribution in [1.82, 2.24) is 25.1 Å². The van der Waals surface area contributed by atoms with E-state index in [0.717, 1.165) is 60.8 Å². The second kappa shape index (κ2) is 8.41. The highest BCUT2D eigenvalue weighted by atomic mass is 19.4. The fourth-order valence-electron chi connectivity index (χ4n) is 3.81. The van der Waals surface area contributed by atoms with Crippen LogP contribution in [0.15, 0.2) is 49.2 Å². The Morgan fingerprint density at radius 1 is 1.07 bits per heavy atom. The lowest BCUT2D eigenvalue weighted by molar-refractivity contribution is -0.137. The van der Waals surface area contributed by atoms with Gasteiger partial charge in [-0.3, -0.25) is 10.00 Å². The van der Waals surface area contributed by atoms with Crippen LogP contribution in [0.5, 0.6) is 0 Å². The summed E-state index contributed by atoms with van der Waals surface area (Å²) in [4.78, 5) is 13.0. The normalized spacial score (nSPS) is 16.6. The minimum atomic E-state index is -4.34. The van der Waals surface area contributed by atoms with Gasteiger partial charge in [0.1, 0.15) is 12.1 Å². The highest BCUT2D eigenvalue weighted by Gasteiger charge is 2.31. The zero-order valence-electron chi connectivity index (χ0n) is 16.2. The van der Waals surface area contributed by atoms with Crippen molar-refractivity contribution in [3.63, 3.8) is 0 Å². The van der Waals surface area contributed by atoms with Crippen LogP contribution in [0.2, 0.25) is 0 Å². The minimum Gasteiger partial charge on any atom is -0.353 e. The van der Waals surface area contributed by atoms with E-state index in [4.69, 9.17) is 5.73 Å². The van der Waals surface area contributed by atoms with Gasteiger partial charge in [-0.1, -0.05) is 12.1 Å². The van der Waals surface area contributed by atoms with E-state index in [9.17, 15) is 13.2 Å². The maximum Gasteiger partial charge on any atom is 0.416 e. The Morgan fingerprint density at radius 3 is 2.40 bits per heavy atom. The minimum absolute atomic E-state index is 0.131. The summed E-state index contributed by atoms with van der Waals surface area (Å²) in [7, 11) is 0. The summed E-state index contributed by atoms with van der Waals surface area (Å²) in [6, 6.07) is 5.15. The van der Waals surface area contributed by atoms with E-state index in [0.29, 0.717) is 6.54 Å². The van der Waals surface area contributed by atoms with Gasteiger partial charge >= 0.3 is 6.18 Å². The number of H-pyrrole nitrogens is 1. The predicted molar refractivity (Wildman–Crippen MR) is 107 cm³/mol.